The van der Waals surface area contributed by atoms with Gasteiger partial charge in [-0.05, 0) is 46.7 Å². The molecule has 0 unspecified atom stereocenters. The molecule has 0 atom stereocenters. The molecule has 1 saturated carbocycles. The Morgan fingerprint density at radius 1 is 1.50 bits per heavy atom. The number of nitrogens with zero attached hydrogens (tertiary/aromatic N) is 2. The van der Waals surface area contributed by atoms with Crippen LogP contribution in [-0.4, -0.2) is 24.5 Å². The minimum atomic E-state index is -0.150. The van der Waals surface area contributed by atoms with E-state index in [0.29, 0.717) is 0 Å². The molecule has 0 radical (unpaired) electrons. The highest BCUT2D eigenvalue weighted by atomic mass is 15.1. The molecule has 0 N–H and O–H groups in total. The monoisotopic (exact) mass is 166 g/mol. The Hall–Kier alpha value is -0.550. The summed E-state index contributed by atoms with van der Waals surface area (Å²) in [5.74, 6) is 0. The van der Waals surface area contributed by atoms with Gasteiger partial charge in [0, 0.05) is 6.04 Å². The second-order valence-electron chi connectivity index (χ2n) is 4.46. The minimum Gasteiger partial charge on any atom is -0.303 e. The predicted molar refractivity (Wildman–Crippen MR) is 49.7 cm³/mol. The first-order valence-corrected chi connectivity index (χ1v) is 4.67. The third-order valence-corrected chi connectivity index (χ3v) is 2.56. The maximum absolute atomic E-state index is 8.79. The Balaban J connectivity index is 2.20. The van der Waals surface area contributed by atoms with Crippen molar-refractivity contribution < 1.29 is 0 Å². The zero-order chi connectivity index (χ0) is 9.19. The highest BCUT2D eigenvalue weighted by Crippen LogP contribution is 2.27. The fourth-order valence-electron chi connectivity index (χ4n) is 1.21. The molecule has 0 amide bonds. The van der Waals surface area contributed by atoms with Crippen LogP contribution in [0.2, 0.25) is 0 Å². The van der Waals surface area contributed by atoms with Crippen molar-refractivity contribution in [3.63, 3.8) is 0 Å². The SMILES string of the molecule is CN(CCC(C)(C)C#N)C1CC1. The summed E-state index contributed by atoms with van der Waals surface area (Å²) in [6.07, 6.45) is 3.68. The van der Waals surface area contributed by atoms with Gasteiger partial charge in [-0.1, -0.05) is 0 Å². The van der Waals surface area contributed by atoms with Crippen molar-refractivity contribution >= 4 is 0 Å². The molecule has 1 fully saturated rings. The molecule has 0 aliphatic heterocycles. The molecule has 1 rings (SSSR count). The Morgan fingerprint density at radius 2 is 2.08 bits per heavy atom. The van der Waals surface area contributed by atoms with E-state index in [4.69, 9.17) is 5.26 Å². The Labute approximate surface area is 75.2 Å². The summed E-state index contributed by atoms with van der Waals surface area (Å²) in [5, 5.41) is 8.79. The summed E-state index contributed by atoms with van der Waals surface area (Å²) in [6, 6.07) is 3.15. The molecule has 0 spiro atoms. The van der Waals surface area contributed by atoms with E-state index in [1.54, 1.807) is 0 Å². The molecule has 2 heteroatoms. The first-order valence-electron chi connectivity index (χ1n) is 4.67. The third-order valence-electron chi connectivity index (χ3n) is 2.56. The van der Waals surface area contributed by atoms with Crippen LogP contribution in [0.1, 0.15) is 33.1 Å². The molecule has 2 nitrogen and oxygen atoms in total. The zero-order valence-electron chi connectivity index (χ0n) is 8.30. The maximum atomic E-state index is 8.79. The van der Waals surface area contributed by atoms with Crippen molar-refractivity contribution in [3.8, 4) is 6.07 Å². The van der Waals surface area contributed by atoms with Crippen LogP contribution in [0.3, 0.4) is 0 Å². The van der Waals surface area contributed by atoms with Gasteiger partial charge in [-0.15, -0.1) is 0 Å². The van der Waals surface area contributed by atoms with Gasteiger partial charge in [-0.25, -0.2) is 0 Å². The highest BCUT2D eigenvalue weighted by Gasteiger charge is 2.27. The van der Waals surface area contributed by atoms with E-state index >= 15 is 0 Å². The molecule has 0 aromatic heterocycles. The van der Waals surface area contributed by atoms with Crippen molar-refractivity contribution in [1.82, 2.24) is 4.90 Å². The van der Waals surface area contributed by atoms with E-state index in [9.17, 15) is 0 Å². The molecule has 0 heterocycles. The topological polar surface area (TPSA) is 27.0 Å². The van der Waals surface area contributed by atoms with Crippen LogP contribution in [0, 0.1) is 16.7 Å². The van der Waals surface area contributed by atoms with Gasteiger partial charge in [0.1, 0.15) is 0 Å². The minimum absolute atomic E-state index is 0.150. The van der Waals surface area contributed by atoms with Gasteiger partial charge in [0.25, 0.3) is 0 Å². The van der Waals surface area contributed by atoms with Crippen LogP contribution >= 0.6 is 0 Å². The van der Waals surface area contributed by atoms with Gasteiger partial charge in [0.05, 0.1) is 11.5 Å². The summed E-state index contributed by atoms with van der Waals surface area (Å²) in [6.45, 7) is 5.08. The quantitative estimate of drug-likeness (QED) is 0.639. The lowest BCUT2D eigenvalue weighted by molar-refractivity contribution is 0.278. The van der Waals surface area contributed by atoms with Crippen LogP contribution < -0.4 is 0 Å². The first kappa shape index (κ1) is 9.54. The van der Waals surface area contributed by atoms with Crippen molar-refractivity contribution in [2.45, 2.75) is 39.2 Å². The second-order valence-corrected chi connectivity index (χ2v) is 4.46. The molecule has 0 saturated heterocycles. The molecule has 0 aromatic carbocycles. The Bertz CT molecular complexity index is 187. The van der Waals surface area contributed by atoms with Crippen molar-refractivity contribution in [1.29, 1.82) is 5.26 Å². The molecule has 12 heavy (non-hydrogen) atoms. The molecule has 1 aliphatic carbocycles. The van der Waals surface area contributed by atoms with Crippen LogP contribution in [0.5, 0.6) is 0 Å². The third kappa shape index (κ3) is 2.83. The summed E-state index contributed by atoms with van der Waals surface area (Å²) >= 11 is 0. The first-order chi connectivity index (χ1) is 5.55. The van der Waals surface area contributed by atoms with Gasteiger partial charge in [-0.2, -0.15) is 5.26 Å². The van der Waals surface area contributed by atoms with Gasteiger partial charge in [0.2, 0.25) is 0 Å². The van der Waals surface area contributed by atoms with Gasteiger partial charge in [-0.3, -0.25) is 0 Å². The lowest BCUT2D eigenvalue weighted by Gasteiger charge is -2.21. The van der Waals surface area contributed by atoms with Crippen molar-refractivity contribution in [2.24, 2.45) is 5.41 Å². The fraction of sp³-hybridized carbons (Fsp3) is 0.900. The van der Waals surface area contributed by atoms with E-state index in [1.165, 1.54) is 12.8 Å². The largest absolute Gasteiger partial charge is 0.303 e. The Morgan fingerprint density at radius 3 is 2.50 bits per heavy atom. The summed E-state index contributed by atoms with van der Waals surface area (Å²) in [7, 11) is 2.16. The number of nitriles is 1. The Kier molecular flexibility index (Phi) is 2.74. The zero-order valence-corrected chi connectivity index (χ0v) is 8.30. The summed E-state index contributed by atoms with van der Waals surface area (Å²) < 4.78 is 0. The standard InChI is InChI=1S/C10H18N2/c1-10(2,8-11)6-7-12(3)9-4-5-9/h9H,4-7H2,1-3H3. The molecule has 0 aromatic rings. The molecule has 68 valence electrons. The average molecular weight is 166 g/mol. The lowest BCUT2D eigenvalue weighted by Crippen LogP contribution is -2.25. The molecule has 0 bridgehead atoms. The van der Waals surface area contributed by atoms with E-state index in [2.05, 4.69) is 18.0 Å². The van der Waals surface area contributed by atoms with Crippen molar-refractivity contribution in [3.05, 3.63) is 0 Å². The smallest absolute Gasteiger partial charge is 0.0684 e. The van der Waals surface area contributed by atoms with E-state index in [1.807, 2.05) is 13.8 Å². The van der Waals surface area contributed by atoms with Crippen LogP contribution in [0.4, 0.5) is 0 Å². The van der Waals surface area contributed by atoms with Gasteiger partial charge in [0.15, 0.2) is 0 Å². The number of hydrogen-bond donors (Lipinski definition) is 0. The average Bonchev–Trinajstić information content (AvgIpc) is 2.83. The summed E-state index contributed by atoms with van der Waals surface area (Å²) in [5.41, 5.74) is -0.150. The van der Waals surface area contributed by atoms with Gasteiger partial charge < -0.3 is 4.90 Å². The van der Waals surface area contributed by atoms with Crippen LogP contribution in [-0.2, 0) is 0 Å². The maximum Gasteiger partial charge on any atom is 0.0684 e. The van der Waals surface area contributed by atoms with Crippen LogP contribution in [0.15, 0.2) is 0 Å². The molecular weight excluding hydrogens is 148 g/mol. The van der Waals surface area contributed by atoms with E-state index < -0.39 is 0 Å². The normalized spacial score (nSPS) is 17.9. The predicted octanol–water partition coefficient (Wildman–Crippen LogP) is 2.02. The molecule has 1 aliphatic rings. The molecular formula is C10H18N2. The van der Waals surface area contributed by atoms with Gasteiger partial charge >= 0.3 is 0 Å². The highest BCUT2D eigenvalue weighted by molar-refractivity contribution is 4.93. The summed E-state index contributed by atoms with van der Waals surface area (Å²) in [4.78, 5) is 2.37. The lowest BCUT2D eigenvalue weighted by atomic mass is 9.91. The van der Waals surface area contributed by atoms with E-state index in [-0.39, 0.29) is 5.41 Å². The second kappa shape index (κ2) is 3.45. The number of hydrogen-bond acceptors (Lipinski definition) is 2. The fourth-order valence-corrected chi connectivity index (χ4v) is 1.21. The van der Waals surface area contributed by atoms with E-state index in [0.717, 1.165) is 19.0 Å². The van der Waals surface area contributed by atoms with Crippen molar-refractivity contribution in [2.75, 3.05) is 13.6 Å². The number of rotatable bonds is 4. The van der Waals surface area contributed by atoms with Crippen LogP contribution in [0.25, 0.3) is 0 Å².